The molecule has 4 nitrogen and oxygen atoms in total. The van der Waals surface area contributed by atoms with E-state index < -0.39 is 6.10 Å². The van der Waals surface area contributed by atoms with Gasteiger partial charge in [0.1, 0.15) is 5.75 Å². The van der Waals surface area contributed by atoms with E-state index in [9.17, 15) is 4.79 Å². The molecule has 1 heterocycles. The van der Waals surface area contributed by atoms with Crippen molar-refractivity contribution in [3.8, 4) is 5.75 Å². The smallest absolute Gasteiger partial charge is 0.263 e. The van der Waals surface area contributed by atoms with Gasteiger partial charge in [0.15, 0.2) is 6.10 Å². The first kappa shape index (κ1) is 18.3. The van der Waals surface area contributed by atoms with Gasteiger partial charge < -0.3 is 14.5 Å². The number of piperazine rings is 1. The predicted molar refractivity (Wildman–Crippen MR) is 106 cm³/mol. The van der Waals surface area contributed by atoms with Crippen molar-refractivity contribution in [2.75, 3.05) is 31.1 Å². The molecule has 2 aromatic carbocycles. The van der Waals surface area contributed by atoms with Gasteiger partial charge in [0.05, 0.1) is 0 Å². The highest BCUT2D eigenvalue weighted by atomic mass is 16.5. The lowest BCUT2D eigenvalue weighted by molar-refractivity contribution is -0.138. The Labute approximate surface area is 156 Å². The van der Waals surface area contributed by atoms with Crippen molar-refractivity contribution in [2.24, 2.45) is 0 Å². The zero-order valence-corrected chi connectivity index (χ0v) is 16.2. The molecule has 1 aliphatic heterocycles. The monoisotopic (exact) mass is 352 g/mol. The van der Waals surface area contributed by atoms with Crippen LogP contribution in [-0.2, 0) is 4.79 Å². The van der Waals surface area contributed by atoms with Crippen LogP contribution >= 0.6 is 0 Å². The molecule has 1 unspecified atom stereocenters. The molecule has 1 aliphatic rings. The number of ether oxygens (including phenoxy) is 1. The minimum Gasteiger partial charge on any atom is -0.481 e. The van der Waals surface area contributed by atoms with Gasteiger partial charge in [0.25, 0.3) is 5.91 Å². The molecular weight excluding hydrogens is 324 g/mol. The van der Waals surface area contributed by atoms with Crippen molar-refractivity contribution in [3.05, 3.63) is 59.2 Å². The SMILES string of the molecule is Cc1ccccc1OC(C)C(=O)N1CCN(c2cccc(C)c2C)CC1. The number of hydrogen-bond acceptors (Lipinski definition) is 3. The molecule has 1 atom stereocenters. The summed E-state index contributed by atoms with van der Waals surface area (Å²) < 4.78 is 5.90. The van der Waals surface area contributed by atoms with Gasteiger partial charge in [0, 0.05) is 31.9 Å². The molecule has 26 heavy (non-hydrogen) atoms. The van der Waals surface area contributed by atoms with E-state index in [4.69, 9.17) is 4.74 Å². The number of anilines is 1. The third-order valence-electron chi connectivity index (χ3n) is 5.25. The van der Waals surface area contributed by atoms with Crippen LogP contribution in [0.1, 0.15) is 23.6 Å². The van der Waals surface area contributed by atoms with E-state index in [0.29, 0.717) is 0 Å². The van der Waals surface area contributed by atoms with Gasteiger partial charge in [-0.25, -0.2) is 0 Å². The van der Waals surface area contributed by atoms with E-state index in [1.165, 1.54) is 16.8 Å². The highest BCUT2D eigenvalue weighted by Crippen LogP contribution is 2.24. The Kier molecular flexibility index (Phi) is 5.50. The third kappa shape index (κ3) is 3.85. The fourth-order valence-electron chi connectivity index (χ4n) is 3.43. The topological polar surface area (TPSA) is 32.8 Å². The van der Waals surface area contributed by atoms with Crippen LogP contribution in [0.4, 0.5) is 5.69 Å². The summed E-state index contributed by atoms with van der Waals surface area (Å²) in [6.07, 6.45) is -0.469. The van der Waals surface area contributed by atoms with E-state index in [1.807, 2.05) is 43.0 Å². The highest BCUT2D eigenvalue weighted by Gasteiger charge is 2.26. The second-order valence-electron chi connectivity index (χ2n) is 7.06. The highest BCUT2D eigenvalue weighted by molar-refractivity contribution is 5.81. The van der Waals surface area contributed by atoms with Gasteiger partial charge in [-0.05, 0) is 56.5 Å². The van der Waals surface area contributed by atoms with Crippen LogP contribution in [0, 0.1) is 20.8 Å². The lowest BCUT2D eigenvalue weighted by atomic mass is 10.1. The van der Waals surface area contributed by atoms with Gasteiger partial charge >= 0.3 is 0 Å². The van der Waals surface area contributed by atoms with Crippen LogP contribution in [0.25, 0.3) is 0 Å². The molecule has 0 radical (unpaired) electrons. The number of hydrogen-bond donors (Lipinski definition) is 0. The van der Waals surface area contributed by atoms with Gasteiger partial charge in [-0.1, -0.05) is 30.3 Å². The Balaban J connectivity index is 1.60. The van der Waals surface area contributed by atoms with Crippen LogP contribution in [0.3, 0.4) is 0 Å². The maximum Gasteiger partial charge on any atom is 0.263 e. The Hall–Kier alpha value is -2.49. The molecule has 4 heteroatoms. The Morgan fingerprint density at radius 1 is 0.923 bits per heavy atom. The number of amides is 1. The Morgan fingerprint density at radius 3 is 2.27 bits per heavy atom. The zero-order chi connectivity index (χ0) is 18.7. The zero-order valence-electron chi connectivity index (χ0n) is 16.2. The van der Waals surface area contributed by atoms with Crippen molar-refractivity contribution in [1.82, 2.24) is 4.90 Å². The van der Waals surface area contributed by atoms with E-state index in [-0.39, 0.29) is 5.91 Å². The van der Waals surface area contributed by atoms with Crippen LogP contribution < -0.4 is 9.64 Å². The Bertz CT molecular complexity index is 779. The van der Waals surface area contributed by atoms with Crippen molar-refractivity contribution in [2.45, 2.75) is 33.8 Å². The summed E-state index contributed by atoms with van der Waals surface area (Å²) >= 11 is 0. The van der Waals surface area contributed by atoms with Crippen LogP contribution in [0.5, 0.6) is 5.75 Å². The molecule has 0 spiro atoms. The number of rotatable bonds is 4. The summed E-state index contributed by atoms with van der Waals surface area (Å²) in [7, 11) is 0. The fraction of sp³-hybridized carbons (Fsp3) is 0.409. The molecule has 0 aliphatic carbocycles. The molecular formula is C22H28N2O2. The molecule has 0 bridgehead atoms. The van der Waals surface area contributed by atoms with Gasteiger partial charge in [-0.15, -0.1) is 0 Å². The summed E-state index contributed by atoms with van der Waals surface area (Å²) in [5.74, 6) is 0.844. The maximum atomic E-state index is 12.8. The second kappa shape index (κ2) is 7.81. The summed E-state index contributed by atoms with van der Waals surface area (Å²) in [6.45, 7) is 11.3. The fourth-order valence-corrected chi connectivity index (χ4v) is 3.43. The van der Waals surface area contributed by atoms with Crippen molar-refractivity contribution in [3.63, 3.8) is 0 Å². The van der Waals surface area contributed by atoms with Crippen molar-refractivity contribution >= 4 is 11.6 Å². The quantitative estimate of drug-likeness (QED) is 0.841. The molecule has 3 rings (SSSR count). The first-order valence-corrected chi connectivity index (χ1v) is 9.29. The average Bonchev–Trinajstić information content (AvgIpc) is 2.65. The van der Waals surface area contributed by atoms with E-state index in [2.05, 4.69) is 36.9 Å². The normalized spacial score (nSPS) is 15.7. The first-order chi connectivity index (χ1) is 12.5. The van der Waals surface area contributed by atoms with Gasteiger partial charge in [-0.2, -0.15) is 0 Å². The summed E-state index contributed by atoms with van der Waals surface area (Å²) in [6, 6.07) is 14.2. The lowest BCUT2D eigenvalue weighted by Crippen LogP contribution is -2.52. The minimum atomic E-state index is -0.469. The van der Waals surface area contributed by atoms with Crippen molar-refractivity contribution in [1.29, 1.82) is 0 Å². The Morgan fingerprint density at radius 2 is 1.58 bits per heavy atom. The van der Waals surface area contributed by atoms with Crippen LogP contribution in [-0.4, -0.2) is 43.1 Å². The molecule has 1 fully saturated rings. The molecule has 138 valence electrons. The van der Waals surface area contributed by atoms with Gasteiger partial charge in [-0.3, -0.25) is 4.79 Å². The maximum absolute atomic E-state index is 12.8. The molecule has 1 amide bonds. The second-order valence-corrected chi connectivity index (χ2v) is 7.06. The predicted octanol–water partition coefficient (Wildman–Crippen LogP) is 3.73. The standard InChI is InChI=1S/C22H28N2O2/c1-16-9-7-10-20(18(16)3)23-12-14-24(15-13-23)22(25)19(4)26-21-11-6-5-8-17(21)2/h5-11,19H,12-15H2,1-4H3. The number of carbonyl (C=O) groups is 1. The molecule has 1 saturated heterocycles. The number of carbonyl (C=O) groups excluding carboxylic acids is 1. The number of nitrogens with zero attached hydrogens (tertiary/aromatic N) is 2. The number of aryl methyl sites for hydroxylation is 2. The lowest BCUT2D eigenvalue weighted by Gasteiger charge is -2.38. The van der Waals surface area contributed by atoms with Gasteiger partial charge in [0.2, 0.25) is 0 Å². The first-order valence-electron chi connectivity index (χ1n) is 9.29. The van der Waals surface area contributed by atoms with Crippen LogP contribution in [0.2, 0.25) is 0 Å². The van der Waals surface area contributed by atoms with E-state index in [0.717, 1.165) is 37.5 Å². The van der Waals surface area contributed by atoms with Crippen molar-refractivity contribution < 1.29 is 9.53 Å². The van der Waals surface area contributed by atoms with Crippen LogP contribution in [0.15, 0.2) is 42.5 Å². The largest absolute Gasteiger partial charge is 0.481 e. The summed E-state index contributed by atoms with van der Waals surface area (Å²) in [4.78, 5) is 17.1. The van der Waals surface area contributed by atoms with E-state index >= 15 is 0 Å². The average molecular weight is 352 g/mol. The van der Waals surface area contributed by atoms with E-state index in [1.54, 1.807) is 0 Å². The molecule has 2 aromatic rings. The summed E-state index contributed by atoms with van der Waals surface area (Å²) in [5, 5.41) is 0. The summed E-state index contributed by atoms with van der Waals surface area (Å²) in [5.41, 5.74) is 4.96. The number of benzene rings is 2. The number of para-hydroxylation sites is 1. The minimum absolute atomic E-state index is 0.0638. The molecule has 0 aromatic heterocycles. The molecule has 0 N–H and O–H groups in total. The third-order valence-corrected chi connectivity index (χ3v) is 5.25. The molecule has 0 saturated carbocycles.